The molecule has 0 N–H and O–H groups in total. The molecule has 11 heterocycles. The summed E-state index contributed by atoms with van der Waals surface area (Å²) >= 11 is 0. The van der Waals surface area contributed by atoms with E-state index in [1.54, 1.807) is 0 Å². The molecule has 0 aliphatic carbocycles. The normalized spacial score (nSPS) is 12.8. The molecule has 18 aromatic carbocycles. The highest BCUT2D eigenvalue weighted by Gasteiger charge is 2.28. The summed E-state index contributed by atoms with van der Waals surface area (Å²) in [6, 6.07) is 140. The number of aromatic nitrogens is 9. The largest absolute Gasteiger partial charge is 0.309 e. The maximum atomic E-state index is 2.59. The van der Waals surface area contributed by atoms with Gasteiger partial charge in [-0.1, -0.05) is 224 Å². The maximum absolute atomic E-state index is 2.59. The summed E-state index contributed by atoms with van der Waals surface area (Å²) < 4.78 is 22.9. The zero-order valence-electron chi connectivity index (χ0n) is 62.7. The average Bonchev–Trinajstić information content (AvgIpc) is 1.52. The molecule has 9 nitrogen and oxygen atoms in total. The molecule has 0 aliphatic heterocycles. The first kappa shape index (κ1) is 60.8. The Balaban J connectivity index is 0.649. The van der Waals surface area contributed by atoms with Crippen LogP contribution in [0.4, 0.5) is 0 Å². The van der Waals surface area contributed by atoms with Crippen LogP contribution in [0.5, 0.6) is 0 Å². The van der Waals surface area contributed by atoms with Gasteiger partial charge in [-0.05, 0) is 157 Å². The minimum absolute atomic E-state index is 1.10. The Morgan fingerprint density at radius 3 is 0.795 bits per heavy atom. The van der Waals surface area contributed by atoms with Crippen LogP contribution in [0.15, 0.2) is 370 Å². The van der Waals surface area contributed by atoms with Crippen molar-refractivity contribution in [1.82, 2.24) is 40.1 Å². The van der Waals surface area contributed by atoms with E-state index in [-0.39, 0.29) is 0 Å². The highest BCUT2D eigenvalue weighted by molar-refractivity contribution is 6.29. The minimum atomic E-state index is 1.10. The van der Waals surface area contributed by atoms with Crippen molar-refractivity contribution < 1.29 is 0 Å². The van der Waals surface area contributed by atoms with Crippen LogP contribution >= 0.6 is 0 Å². The van der Waals surface area contributed by atoms with Gasteiger partial charge in [0.1, 0.15) is 0 Å². The summed E-state index contributed by atoms with van der Waals surface area (Å²) in [6.45, 7) is 0. The van der Waals surface area contributed by atoms with Gasteiger partial charge in [-0.2, -0.15) is 0 Å². The Morgan fingerprint density at radius 2 is 0.376 bits per heavy atom. The molecular weight excluding hydrogens is 1420 g/mol. The standard InChI is InChI=1S/C108H61N9/c1-8-32-84-67(22-1)68-23-2-9-33-85(68)109(84)63-47-56-92-82(59-63)78-53-52-77-72-27-6-13-37-89(72)116-100-45-21-31-75-81-60-64(48-55-91(81)113(104(75)100)95-40-16-18-42-97(95)115(92)107(78)106(77)116)110-90-38-14-7-28-80(90)102-66(29-19-43-98(102)110)62-46-50-73-69-24-3-10-34-86(69)111(101(73)58-62)65-49-57-93-83(61-65)79-54-51-76-71-26-5-12-36-88(71)114-96-41-17-15-39-94(96)112-87-35-11-4-25-70(87)74-30-20-44-99(103(74)112)117(93)108(79)105(76)114/h1-61H. The Hall–Kier alpha value is -15.8. The molecule has 0 amide bonds. The van der Waals surface area contributed by atoms with Crippen molar-refractivity contribution in [2.75, 3.05) is 0 Å². The molecule has 0 saturated heterocycles. The quantitative estimate of drug-likeness (QED) is 0.169. The van der Waals surface area contributed by atoms with Gasteiger partial charge >= 0.3 is 0 Å². The molecule has 0 bridgehead atoms. The van der Waals surface area contributed by atoms with Crippen LogP contribution in [0.1, 0.15) is 0 Å². The molecule has 29 aromatic rings. The van der Waals surface area contributed by atoms with Crippen LogP contribution in [0.2, 0.25) is 0 Å². The van der Waals surface area contributed by atoms with E-state index in [2.05, 4.69) is 410 Å². The van der Waals surface area contributed by atoms with E-state index in [9.17, 15) is 0 Å². The third-order valence-electron chi connectivity index (χ3n) is 26.8. The highest BCUT2D eigenvalue weighted by atomic mass is 15.1. The first-order valence-electron chi connectivity index (χ1n) is 40.5. The highest BCUT2D eigenvalue weighted by Crippen LogP contribution is 2.49. The molecule has 0 saturated carbocycles. The lowest BCUT2D eigenvalue weighted by Gasteiger charge is -2.11. The lowest BCUT2D eigenvalue weighted by Crippen LogP contribution is -1.95. The lowest BCUT2D eigenvalue weighted by atomic mass is 9.98. The Labute approximate surface area is 663 Å². The molecule has 9 heteroatoms. The Morgan fingerprint density at radius 1 is 0.128 bits per heavy atom. The van der Waals surface area contributed by atoms with E-state index in [1.165, 1.54) is 158 Å². The molecule has 0 aliphatic rings. The molecule has 0 fully saturated rings. The van der Waals surface area contributed by atoms with E-state index in [1.807, 2.05) is 0 Å². The third-order valence-corrected chi connectivity index (χ3v) is 26.8. The van der Waals surface area contributed by atoms with Crippen LogP contribution in [0.3, 0.4) is 0 Å². The van der Waals surface area contributed by atoms with Crippen LogP contribution < -0.4 is 0 Å². The Kier molecular flexibility index (Phi) is 11.3. The van der Waals surface area contributed by atoms with Gasteiger partial charge in [-0.25, -0.2) is 0 Å². The van der Waals surface area contributed by atoms with Gasteiger partial charge in [-0.15, -0.1) is 0 Å². The van der Waals surface area contributed by atoms with Crippen LogP contribution in [0.25, 0.3) is 258 Å². The van der Waals surface area contributed by atoms with E-state index in [0.29, 0.717) is 0 Å². The lowest BCUT2D eigenvalue weighted by molar-refractivity contribution is 1.18. The molecule has 11 aromatic heterocycles. The summed E-state index contributed by atoms with van der Waals surface area (Å²) in [5.74, 6) is 0. The number of rotatable bonds is 4. The van der Waals surface area contributed by atoms with Gasteiger partial charge in [0, 0.05) is 114 Å². The van der Waals surface area contributed by atoms with E-state index in [4.69, 9.17) is 0 Å². The fourth-order valence-corrected chi connectivity index (χ4v) is 22.2. The zero-order valence-corrected chi connectivity index (χ0v) is 62.7. The molecule has 538 valence electrons. The van der Waals surface area contributed by atoms with E-state index in [0.717, 1.165) is 99.9 Å². The van der Waals surface area contributed by atoms with E-state index >= 15 is 0 Å². The van der Waals surface area contributed by atoms with Crippen LogP contribution in [-0.4, -0.2) is 40.1 Å². The van der Waals surface area contributed by atoms with Crippen molar-refractivity contribution in [3.63, 3.8) is 0 Å². The fraction of sp³-hybridized carbons (Fsp3) is 0. The third kappa shape index (κ3) is 7.48. The predicted octanol–water partition coefficient (Wildman–Crippen LogP) is 28.0. The number of fused-ring (bicyclic) bond motifs is 35. The number of hydrogen-bond acceptors (Lipinski definition) is 0. The second-order valence-electron chi connectivity index (χ2n) is 32.2. The minimum Gasteiger partial charge on any atom is -0.309 e. The second-order valence-corrected chi connectivity index (χ2v) is 32.2. The van der Waals surface area contributed by atoms with Crippen molar-refractivity contribution in [3.8, 4) is 28.2 Å². The van der Waals surface area contributed by atoms with Gasteiger partial charge in [0.15, 0.2) is 0 Å². The van der Waals surface area contributed by atoms with Crippen molar-refractivity contribution in [2.24, 2.45) is 0 Å². The van der Waals surface area contributed by atoms with E-state index < -0.39 is 0 Å². The summed E-state index contributed by atoms with van der Waals surface area (Å²) in [7, 11) is 0. The fourth-order valence-electron chi connectivity index (χ4n) is 22.2. The molecule has 29 rings (SSSR count). The first-order valence-corrected chi connectivity index (χ1v) is 40.5. The molecule has 0 unspecified atom stereocenters. The molecule has 117 heavy (non-hydrogen) atoms. The Bertz CT molecular complexity index is 9640. The average molecular weight is 1480 g/mol. The SMILES string of the molecule is c1ccc2c(c1)c1ccccc1n2-c1ccc2c(c1)c1ccc3c4ccccc4n4c5cccc6c7cc(-n8c9ccccc9c9c(-c%10ccc%11c%12ccccc%12n(-c%12ccc%13c(c%12)c%12ccc%14c%15ccccc%15n%15c%16ccccc%16n%16c%17ccccc%17c%17cccc(c%17%16)n%13c%12c%14%15)c%11c%10)cccc98)ccc7n(c7ccccc7n2c1c34)c65. The summed E-state index contributed by atoms with van der Waals surface area (Å²) in [4.78, 5) is 0. The van der Waals surface area contributed by atoms with Crippen molar-refractivity contribution >= 4 is 229 Å². The van der Waals surface area contributed by atoms with Gasteiger partial charge < -0.3 is 40.1 Å². The molecule has 0 atom stereocenters. The monoisotopic (exact) mass is 1480 g/mol. The predicted molar refractivity (Wildman–Crippen MR) is 491 cm³/mol. The van der Waals surface area contributed by atoms with Crippen LogP contribution in [-0.2, 0) is 0 Å². The maximum Gasteiger partial charge on any atom is 0.0789 e. The number of benzene rings is 18. The van der Waals surface area contributed by atoms with Crippen molar-refractivity contribution in [1.29, 1.82) is 0 Å². The molecule has 0 radical (unpaired) electrons. The number of hydrogen-bond donors (Lipinski definition) is 0. The summed E-state index contributed by atoms with van der Waals surface area (Å²) in [5.41, 5.74) is 33.6. The molecular formula is C108H61N9. The van der Waals surface area contributed by atoms with Gasteiger partial charge in [0.2, 0.25) is 0 Å². The second kappa shape index (κ2) is 21.7. The zero-order chi connectivity index (χ0) is 75.5. The van der Waals surface area contributed by atoms with Crippen molar-refractivity contribution in [2.45, 2.75) is 0 Å². The number of para-hydroxylation sites is 13. The van der Waals surface area contributed by atoms with Gasteiger partial charge in [0.05, 0.1) is 132 Å². The first-order chi connectivity index (χ1) is 58.1. The topological polar surface area (TPSA) is 41.2 Å². The smallest absolute Gasteiger partial charge is 0.0789 e. The summed E-state index contributed by atoms with van der Waals surface area (Å²) in [6.07, 6.45) is 0. The van der Waals surface area contributed by atoms with Gasteiger partial charge in [-0.3, -0.25) is 0 Å². The van der Waals surface area contributed by atoms with Crippen LogP contribution in [0, 0.1) is 0 Å². The summed E-state index contributed by atoms with van der Waals surface area (Å²) in [5, 5.41) is 21.9. The molecule has 0 spiro atoms. The van der Waals surface area contributed by atoms with Gasteiger partial charge in [0.25, 0.3) is 0 Å². The van der Waals surface area contributed by atoms with Crippen molar-refractivity contribution in [3.05, 3.63) is 370 Å². The number of nitrogens with zero attached hydrogens (tertiary/aromatic N) is 9.